The largest absolute Gasteiger partial charge is 0.497 e. The van der Waals surface area contributed by atoms with Crippen LogP contribution in [0.5, 0.6) is 17.2 Å². The molecule has 6 nitrogen and oxygen atoms in total. The standard InChI is InChI=1S/C19H22O6/c1-22-15-6-4-8-17(13-15)25-10-9-24-16-7-3-5-14(11-16)12-18(23-2)19(20)21/h3-8,11,13,18H,9-10,12H2,1-2H3,(H,20,21)/t18-/m0/s1. The Morgan fingerprint density at radius 1 is 0.960 bits per heavy atom. The molecule has 1 N–H and O–H groups in total. The maximum absolute atomic E-state index is 11.0. The van der Waals surface area contributed by atoms with Crippen LogP contribution in [0.4, 0.5) is 0 Å². The van der Waals surface area contributed by atoms with Crippen molar-refractivity contribution in [3.63, 3.8) is 0 Å². The summed E-state index contributed by atoms with van der Waals surface area (Å²) in [4.78, 5) is 11.0. The SMILES string of the molecule is COc1cccc(OCCOc2cccc(C[C@H](OC)C(=O)O)c2)c1. The lowest BCUT2D eigenvalue weighted by Crippen LogP contribution is -2.24. The molecule has 0 saturated heterocycles. The molecule has 0 amide bonds. The molecule has 0 saturated carbocycles. The van der Waals surface area contributed by atoms with Crippen LogP contribution in [0.2, 0.25) is 0 Å². The lowest BCUT2D eigenvalue weighted by Gasteiger charge is -2.12. The van der Waals surface area contributed by atoms with Gasteiger partial charge >= 0.3 is 5.97 Å². The van der Waals surface area contributed by atoms with E-state index in [4.69, 9.17) is 24.1 Å². The van der Waals surface area contributed by atoms with E-state index in [2.05, 4.69) is 0 Å². The Morgan fingerprint density at radius 2 is 1.56 bits per heavy atom. The van der Waals surface area contributed by atoms with E-state index in [-0.39, 0.29) is 6.42 Å². The number of carboxylic acids is 1. The van der Waals surface area contributed by atoms with Gasteiger partial charge in [-0.2, -0.15) is 0 Å². The minimum Gasteiger partial charge on any atom is -0.497 e. The zero-order valence-electron chi connectivity index (χ0n) is 14.3. The molecule has 0 aliphatic carbocycles. The van der Waals surface area contributed by atoms with Crippen molar-refractivity contribution < 1.29 is 28.8 Å². The van der Waals surface area contributed by atoms with E-state index in [1.165, 1.54) is 7.11 Å². The summed E-state index contributed by atoms with van der Waals surface area (Å²) in [6, 6.07) is 14.6. The topological polar surface area (TPSA) is 74.2 Å². The number of benzene rings is 2. The lowest BCUT2D eigenvalue weighted by molar-refractivity contribution is -0.148. The normalized spacial score (nSPS) is 11.6. The molecule has 134 valence electrons. The summed E-state index contributed by atoms with van der Waals surface area (Å²) in [7, 11) is 2.99. The molecule has 1 atom stereocenters. The molecule has 25 heavy (non-hydrogen) atoms. The molecule has 2 aromatic rings. The monoisotopic (exact) mass is 346 g/mol. The third-order valence-corrected chi connectivity index (χ3v) is 3.54. The van der Waals surface area contributed by atoms with E-state index < -0.39 is 12.1 Å². The highest BCUT2D eigenvalue weighted by Crippen LogP contribution is 2.19. The second-order valence-corrected chi connectivity index (χ2v) is 5.29. The van der Waals surface area contributed by atoms with Crippen molar-refractivity contribution in [2.45, 2.75) is 12.5 Å². The van der Waals surface area contributed by atoms with E-state index in [1.54, 1.807) is 19.2 Å². The molecule has 0 fully saturated rings. The Bertz CT molecular complexity index is 685. The third kappa shape index (κ3) is 6.00. The molecule has 0 spiro atoms. The van der Waals surface area contributed by atoms with Crippen LogP contribution in [0.3, 0.4) is 0 Å². The lowest BCUT2D eigenvalue weighted by atomic mass is 10.1. The summed E-state index contributed by atoms with van der Waals surface area (Å²) in [5.74, 6) is 1.12. The van der Waals surface area contributed by atoms with Crippen molar-refractivity contribution in [2.24, 2.45) is 0 Å². The predicted octanol–water partition coefficient (Wildman–Crippen LogP) is 2.80. The van der Waals surface area contributed by atoms with E-state index in [0.29, 0.717) is 24.7 Å². The molecule has 0 bridgehead atoms. The molecule has 0 radical (unpaired) electrons. The first kappa shape index (κ1) is 18.6. The molecule has 0 heterocycles. The van der Waals surface area contributed by atoms with Gasteiger partial charge in [0.1, 0.15) is 30.5 Å². The number of ether oxygens (including phenoxy) is 4. The van der Waals surface area contributed by atoms with E-state index in [9.17, 15) is 4.79 Å². The fourth-order valence-electron chi connectivity index (χ4n) is 2.26. The first-order valence-electron chi connectivity index (χ1n) is 7.86. The Hall–Kier alpha value is -2.73. The zero-order chi connectivity index (χ0) is 18.1. The number of carboxylic acid groups (broad SMARTS) is 1. The fraction of sp³-hybridized carbons (Fsp3) is 0.316. The van der Waals surface area contributed by atoms with Gasteiger partial charge in [0.15, 0.2) is 6.10 Å². The van der Waals surface area contributed by atoms with Gasteiger partial charge in [-0.15, -0.1) is 0 Å². The van der Waals surface area contributed by atoms with Crippen LogP contribution in [-0.4, -0.2) is 44.6 Å². The highest BCUT2D eigenvalue weighted by atomic mass is 16.5. The van der Waals surface area contributed by atoms with Crippen LogP contribution in [0, 0.1) is 0 Å². The van der Waals surface area contributed by atoms with Gasteiger partial charge in [-0.3, -0.25) is 0 Å². The van der Waals surface area contributed by atoms with Crippen LogP contribution < -0.4 is 14.2 Å². The summed E-state index contributed by atoms with van der Waals surface area (Å²) in [6.45, 7) is 0.751. The predicted molar refractivity (Wildman–Crippen MR) is 92.6 cm³/mol. The second kappa shape index (κ2) is 9.54. The number of aliphatic carboxylic acids is 1. The molecule has 0 aromatic heterocycles. The van der Waals surface area contributed by atoms with Crippen molar-refractivity contribution in [2.75, 3.05) is 27.4 Å². The zero-order valence-corrected chi connectivity index (χ0v) is 14.3. The van der Waals surface area contributed by atoms with Crippen molar-refractivity contribution in [3.05, 3.63) is 54.1 Å². The van der Waals surface area contributed by atoms with Crippen molar-refractivity contribution in [3.8, 4) is 17.2 Å². The molecular formula is C19H22O6. The smallest absolute Gasteiger partial charge is 0.333 e. The Morgan fingerprint density at radius 3 is 2.16 bits per heavy atom. The Kier molecular flexibility index (Phi) is 7.10. The summed E-state index contributed by atoms with van der Waals surface area (Å²) < 4.78 is 21.4. The molecule has 0 unspecified atom stereocenters. The number of rotatable bonds is 10. The second-order valence-electron chi connectivity index (χ2n) is 5.29. The van der Waals surface area contributed by atoms with Crippen LogP contribution in [-0.2, 0) is 16.0 Å². The Labute approximate surface area is 146 Å². The van der Waals surface area contributed by atoms with Crippen molar-refractivity contribution in [1.29, 1.82) is 0 Å². The summed E-state index contributed by atoms with van der Waals surface area (Å²) in [5, 5.41) is 9.04. The number of hydrogen-bond acceptors (Lipinski definition) is 5. The quantitative estimate of drug-likeness (QED) is 0.667. The summed E-state index contributed by atoms with van der Waals surface area (Å²) in [6.07, 6.45) is -0.588. The van der Waals surface area contributed by atoms with Gasteiger partial charge in [0, 0.05) is 19.6 Å². The first-order valence-corrected chi connectivity index (χ1v) is 7.86. The average molecular weight is 346 g/mol. The number of hydrogen-bond donors (Lipinski definition) is 1. The van der Waals surface area contributed by atoms with Crippen LogP contribution in [0.25, 0.3) is 0 Å². The Balaban J connectivity index is 1.82. The van der Waals surface area contributed by atoms with Crippen LogP contribution in [0.1, 0.15) is 5.56 Å². The van der Waals surface area contributed by atoms with E-state index >= 15 is 0 Å². The van der Waals surface area contributed by atoms with Crippen molar-refractivity contribution >= 4 is 5.97 Å². The molecular weight excluding hydrogens is 324 g/mol. The summed E-state index contributed by atoms with van der Waals surface area (Å²) in [5.41, 5.74) is 0.834. The van der Waals surface area contributed by atoms with Crippen LogP contribution in [0.15, 0.2) is 48.5 Å². The first-order chi connectivity index (χ1) is 12.1. The number of carbonyl (C=O) groups is 1. The van der Waals surface area contributed by atoms with Gasteiger partial charge in [0.2, 0.25) is 0 Å². The average Bonchev–Trinajstić information content (AvgIpc) is 2.63. The molecule has 0 aliphatic heterocycles. The van der Waals surface area contributed by atoms with Gasteiger partial charge in [-0.25, -0.2) is 4.79 Å². The van der Waals surface area contributed by atoms with Crippen LogP contribution >= 0.6 is 0 Å². The van der Waals surface area contributed by atoms with Gasteiger partial charge in [-0.05, 0) is 29.8 Å². The third-order valence-electron chi connectivity index (χ3n) is 3.54. The highest BCUT2D eigenvalue weighted by molar-refractivity contribution is 5.72. The van der Waals surface area contributed by atoms with Gasteiger partial charge in [-0.1, -0.05) is 18.2 Å². The van der Waals surface area contributed by atoms with Gasteiger partial charge in [0.25, 0.3) is 0 Å². The van der Waals surface area contributed by atoms with Gasteiger partial charge < -0.3 is 24.1 Å². The van der Waals surface area contributed by atoms with Gasteiger partial charge in [0.05, 0.1) is 7.11 Å². The van der Waals surface area contributed by atoms with E-state index in [1.807, 2.05) is 36.4 Å². The maximum atomic E-state index is 11.0. The maximum Gasteiger partial charge on any atom is 0.333 e. The van der Waals surface area contributed by atoms with E-state index in [0.717, 1.165) is 11.3 Å². The molecule has 6 heteroatoms. The number of methoxy groups -OCH3 is 2. The summed E-state index contributed by atoms with van der Waals surface area (Å²) >= 11 is 0. The molecule has 2 aromatic carbocycles. The molecule has 0 aliphatic rings. The minimum absolute atomic E-state index is 0.281. The van der Waals surface area contributed by atoms with Crippen molar-refractivity contribution in [1.82, 2.24) is 0 Å². The fourth-order valence-corrected chi connectivity index (χ4v) is 2.26. The molecule has 2 rings (SSSR count). The minimum atomic E-state index is -0.986. The highest BCUT2D eigenvalue weighted by Gasteiger charge is 2.16.